The zero-order chi connectivity index (χ0) is 22.1. The molecule has 2 heterocycles. The van der Waals surface area contributed by atoms with Gasteiger partial charge < -0.3 is 9.15 Å². The zero-order valence-electron chi connectivity index (χ0n) is 17.2. The van der Waals surface area contributed by atoms with E-state index >= 15 is 0 Å². The van der Waals surface area contributed by atoms with Crippen LogP contribution in [0.4, 0.5) is 0 Å². The van der Waals surface area contributed by atoms with Crippen molar-refractivity contribution in [3.05, 3.63) is 102 Å². The van der Waals surface area contributed by atoms with Crippen molar-refractivity contribution in [3.63, 3.8) is 0 Å². The molecule has 4 aromatic rings. The Bertz CT molecular complexity index is 1420. The van der Waals surface area contributed by atoms with Crippen LogP contribution in [-0.2, 0) is 4.79 Å². The first-order valence-corrected chi connectivity index (χ1v) is 10.4. The lowest BCUT2D eigenvalue weighted by molar-refractivity contribution is -0.140. The summed E-state index contributed by atoms with van der Waals surface area (Å²) in [7, 11) is 0. The SMILES string of the molecule is C[C@]1(C(=O)c2ccccc2)[C@@H]2c3c(ccc4ccccc34)OC(=O)[C@@]21C(=O)c1ccco1. The average molecular weight is 422 g/mol. The number of ether oxygens (including phenoxy) is 1. The molecule has 0 saturated heterocycles. The maximum atomic E-state index is 13.9. The largest absolute Gasteiger partial charge is 0.461 e. The van der Waals surface area contributed by atoms with Crippen LogP contribution in [0.5, 0.6) is 5.75 Å². The van der Waals surface area contributed by atoms with Crippen LogP contribution < -0.4 is 4.74 Å². The molecule has 32 heavy (non-hydrogen) atoms. The Balaban J connectivity index is 1.64. The van der Waals surface area contributed by atoms with Crippen molar-refractivity contribution >= 4 is 28.3 Å². The van der Waals surface area contributed by atoms with E-state index in [1.165, 1.54) is 12.3 Å². The summed E-state index contributed by atoms with van der Waals surface area (Å²) >= 11 is 0. The first-order chi connectivity index (χ1) is 15.5. The molecule has 0 bridgehead atoms. The van der Waals surface area contributed by atoms with Gasteiger partial charge >= 0.3 is 5.97 Å². The van der Waals surface area contributed by atoms with Gasteiger partial charge in [-0.2, -0.15) is 0 Å². The van der Waals surface area contributed by atoms with Gasteiger partial charge in [0.1, 0.15) is 5.75 Å². The highest BCUT2D eigenvalue weighted by Gasteiger charge is 2.88. The molecule has 0 unspecified atom stereocenters. The monoisotopic (exact) mass is 422 g/mol. The van der Waals surface area contributed by atoms with Gasteiger partial charge in [0, 0.05) is 17.0 Å². The summed E-state index contributed by atoms with van der Waals surface area (Å²) in [6.07, 6.45) is 1.38. The third-order valence-corrected chi connectivity index (χ3v) is 7.10. The van der Waals surface area contributed by atoms with Crippen molar-refractivity contribution in [1.29, 1.82) is 0 Å². The fraction of sp³-hybridized carbons (Fsp3) is 0.148. The molecule has 0 radical (unpaired) electrons. The summed E-state index contributed by atoms with van der Waals surface area (Å²) in [5, 5.41) is 1.81. The molecular formula is C27H18O5. The Hall–Kier alpha value is -3.99. The van der Waals surface area contributed by atoms with Crippen LogP contribution in [0.25, 0.3) is 10.8 Å². The van der Waals surface area contributed by atoms with E-state index in [2.05, 4.69) is 0 Å². The van der Waals surface area contributed by atoms with Gasteiger partial charge in [0.15, 0.2) is 17.0 Å². The van der Waals surface area contributed by atoms with Gasteiger partial charge in [-0.05, 0) is 29.0 Å². The highest BCUT2D eigenvalue weighted by molar-refractivity contribution is 6.25. The van der Waals surface area contributed by atoms with Crippen LogP contribution in [0.3, 0.4) is 0 Å². The van der Waals surface area contributed by atoms with Crippen molar-refractivity contribution in [3.8, 4) is 5.75 Å². The second-order valence-electron chi connectivity index (χ2n) is 8.53. The van der Waals surface area contributed by atoms with Gasteiger partial charge in [0.2, 0.25) is 5.78 Å². The van der Waals surface area contributed by atoms with E-state index in [0.717, 1.165) is 16.3 Å². The third-order valence-electron chi connectivity index (χ3n) is 7.10. The smallest absolute Gasteiger partial charge is 0.327 e. The molecule has 1 saturated carbocycles. The Morgan fingerprint density at radius 3 is 2.34 bits per heavy atom. The topological polar surface area (TPSA) is 73.6 Å². The lowest BCUT2D eigenvalue weighted by atomic mass is 9.83. The first kappa shape index (κ1) is 18.8. The van der Waals surface area contributed by atoms with Gasteiger partial charge in [-0.15, -0.1) is 0 Å². The van der Waals surface area contributed by atoms with Gasteiger partial charge in [-0.1, -0.05) is 67.6 Å². The van der Waals surface area contributed by atoms with Crippen LogP contribution in [0.1, 0.15) is 39.3 Å². The van der Waals surface area contributed by atoms with Crippen LogP contribution in [0, 0.1) is 10.8 Å². The van der Waals surface area contributed by atoms with Gasteiger partial charge in [-0.3, -0.25) is 14.4 Å². The number of Topliss-reactive ketones (excluding diaryl/α,β-unsaturated/α-hetero) is 2. The lowest BCUT2D eigenvalue weighted by Gasteiger charge is -2.23. The minimum absolute atomic E-state index is 0.0419. The highest BCUT2D eigenvalue weighted by atomic mass is 16.5. The van der Waals surface area contributed by atoms with E-state index in [0.29, 0.717) is 11.3 Å². The number of hydrogen-bond donors (Lipinski definition) is 0. The summed E-state index contributed by atoms with van der Waals surface area (Å²) < 4.78 is 11.1. The normalized spacial score (nSPS) is 25.5. The maximum Gasteiger partial charge on any atom is 0.327 e. The van der Waals surface area contributed by atoms with Crippen LogP contribution in [-0.4, -0.2) is 17.5 Å². The number of benzene rings is 3. The van der Waals surface area contributed by atoms with Crippen molar-refractivity contribution < 1.29 is 23.5 Å². The van der Waals surface area contributed by atoms with E-state index in [9.17, 15) is 14.4 Å². The second-order valence-corrected chi connectivity index (χ2v) is 8.53. The number of furan rings is 1. The summed E-state index contributed by atoms with van der Waals surface area (Å²) in [6, 6.07) is 23.2. The molecule has 3 atom stereocenters. The fourth-order valence-corrected chi connectivity index (χ4v) is 5.56. The lowest BCUT2D eigenvalue weighted by Crippen LogP contribution is -2.39. The van der Waals surface area contributed by atoms with E-state index in [-0.39, 0.29) is 11.5 Å². The summed E-state index contributed by atoms with van der Waals surface area (Å²) in [5.74, 6) is -1.73. The number of rotatable bonds is 4. The molecule has 2 aliphatic rings. The van der Waals surface area contributed by atoms with Gasteiger partial charge in [-0.25, -0.2) is 0 Å². The number of fused-ring (bicyclic) bond motifs is 5. The molecule has 1 fully saturated rings. The van der Waals surface area contributed by atoms with Crippen molar-refractivity contribution in [1.82, 2.24) is 0 Å². The van der Waals surface area contributed by atoms with E-state index in [1.807, 2.05) is 36.4 Å². The first-order valence-electron chi connectivity index (χ1n) is 10.4. The summed E-state index contributed by atoms with van der Waals surface area (Å²) in [5.41, 5.74) is -1.83. The predicted octanol–water partition coefficient (Wildman–Crippen LogP) is 5.21. The number of hydrogen-bond acceptors (Lipinski definition) is 5. The van der Waals surface area contributed by atoms with Crippen molar-refractivity contribution in [2.45, 2.75) is 12.8 Å². The predicted molar refractivity (Wildman–Crippen MR) is 117 cm³/mol. The molecule has 6 rings (SSSR count). The molecule has 1 aromatic heterocycles. The zero-order valence-corrected chi connectivity index (χ0v) is 17.2. The van der Waals surface area contributed by atoms with E-state index in [1.54, 1.807) is 43.3 Å². The molecule has 3 aromatic carbocycles. The minimum atomic E-state index is -1.69. The molecule has 156 valence electrons. The Labute approximate surface area is 183 Å². The average Bonchev–Trinajstić information content (AvgIpc) is 3.14. The third kappa shape index (κ3) is 2.10. The quantitative estimate of drug-likeness (QED) is 0.195. The van der Waals surface area contributed by atoms with Gasteiger partial charge in [0.05, 0.1) is 11.7 Å². The number of carbonyl (C=O) groups excluding carboxylic acids is 3. The van der Waals surface area contributed by atoms with Crippen LogP contribution >= 0.6 is 0 Å². The maximum absolute atomic E-state index is 13.9. The Morgan fingerprint density at radius 1 is 0.844 bits per heavy atom. The van der Waals surface area contributed by atoms with E-state index < -0.39 is 28.5 Å². The fourth-order valence-electron chi connectivity index (χ4n) is 5.56. The molecule has 1 aliphatic heterocycles. The number of esters is 1. The standard InChI is InChI=1S/C27H18O5/c1-26(23(28)17-9-3-2-4-10-17)22-21-18-11-6-5-8-16(18)13-14-19(21)32-25(30)27(22,26)24(29)20-12-7-15-31-20/h2-15,22H,1H3/t22-,26+,27-/m0/s1. The van der Waals surface area contributed by atoms with Crippen molar-refractivity contribution in [2.24, 2.45) is 10.8 Å². The van der Waals surface area contributed by atoms with Crippen molar-refractivity contribution in [2.75, 3.05) is 0 Å². The summed E-state index contributed by atoms with van der Waals surface area (Å²) in [6.45, 7) is 1.70. The van der Waals surface area contributed by atoms with Gasteiger partial charge in [0.25, 0.3) is 0 Å². The molecule has 5 nitrogen and oxygen atoms in total. The Morgan fingerprint density at radius 2 is 1.59 bits per heavy atom. The number of carbonyl (C=O) groups is 3. The van der Waals surface area contributed by atoms with Crippen LogP contribution in [0.2, 0.25) is 0 Å². The molecular weight excluding hydrogens is 404 g/mol. The number of ketones is 2. The second kappa shape index (κ2) is 6.26. The molecule has 5 heteroatoms. The highest BCUT2D eigenvalue weighted by Crippen LogP contribution is 2.79. The molecule has 0 N–H and O–H groups in total. The summed E-state index contributed by atoms with van der Waals surface area (Å²) in [4.78, 5) is 41.2. The molecule has 1 aliphatic carbocycles. The molecule has 0 spiro atoms. The molecule has 0 amide bonds. The minimum Gasteiger partial charge on any atom is -0.461 e. The van der Waals surface area contributed by atoms with E-state index in [4.69, 9.17) is 9.15 Å². The Kier molecular flexibility index (Phi) is 3.67. The van der Waals surface area contributed by atoms with Crippen LogP contribution in [0.15, 0.2) is 89.5 Å².